The summed E-state index contributed by atoms with van der Waals surface area (Å²) in [5.41, 5.74) is 0.190. The van der Waals surface area contributed by atoms with E-state index in [-0.39, 0.29) is 18.4 Å². The van der Waals surface area contributed by atoms with E-state index in [2.05, 4.69) is 10.3 Å². The van der Waals surface area contributed by atoms with Gasteiger partial charge in [-0.25, -0.2) is 9.78 Å². The summed E-state index contributed by atoms with van der Waals surface area (Å²) in [7, 11) is 1.48. The molecule has 172 valence electrons. The molecule has 0 aromatic carbocycles. The lowest BCUT2D eigenvalue weighted by molar-refractivity contribution is -0.131. The number of anilines is 1. The lowest BCUT2D eigenvalue weighted by atomic mass is 10.0. The predicted octanol–water partition coefficient (Wildman–Crippen LogP) is 1.73. The van der Waals surface area contributed by atoms with Crippen molar-refractivity contribution >= 4 is 23.7 Å². The number of rotatable bonds is 6. The summed E-state index contributed by atoms with van der Waals surface area (Å²) < 4.78 is 5.32. The molecule has 2 heterocycles. The van der Waals surface area contributed by atoms with E-state index in [1.807, 2.05) is 19.9 Å². The Morgan fingerprint density at radius 2 is 1.97 bits per heavy atom. The number of carbonyl (C=O) groups is 3. The van der Waals surface area contributed by atoms with Gasteiger partial charge in [-0.3, -0.25) is 19.4 Å². The maximum atomic E-state index is 13.4. The third-order valence-electron chi connectivity index (χ3n) is 5.24. The minimum Gasteiger partial charge on any atom is -0.444 e. The van der Waals surface area contributed by atoms with Crippen LogP contribution in [0.1, 0.15) is 47.1 Å². The lowest BCUT2D eigenvalue weighted by Crippen LogP contribution is -2.57. The first-order valence-electron chi connectivity index (χ1n) is 10.5. The molecule has 9 heteroatoms. The van der Waals surface area contributed by atoms with Crippen LogP contribution in [0, 0.1) is 5.92 Å². The molecule has 1 aliphatic heterocycles. The Morgan fingerprint density at radius 3 is 2.52 bits per heavy atom. The van der Waals surface area contributed by atoms with Gasteiger partial charge in [0.25, 0.3) is 5.91 Å². The van der Waals surface area contributed by atoms with Crippen molar-refractivity contribution in [3.63, 3.8) is 0 Å². The number of aliphatic hydroxyl groups is 1. The second kappa shape index (κ2) is 9.64. The zero-order valence-electron chi connectivity index (χ0n) is 19.4. The first kappa shape index (κ1) is 24.6. The summed E-state index contributed by atoms with van der Waals surface area (Å²) in [6.07, 6.45) is 1.47. The van der Waals surface area contributed by atoms with Gasteiger partial charge >= 0.3 is 6.09 Å². The number of likely N-dealkylation sites (N-methyl/N-ethyl adjacent to an activating group) is 1. The van der Waals surface area contributed by atoms with Gasteiger partial charge in [0, 0.05) is 13.2 Å². The normalized spacial score (nSPS) is 17.7. The number of carbonyl (C=O) groups excluding carboxylic acids is 3. The molecule has 1 aromatic rings. The number of hydrogen-bond donors (Lipinski definition) is 2. The summed E-state index contributed by atoms with van der Waals surface area (Å²) in [6.45, 7) is 10.3. The van der Waals surface area contributed by atoms with E-state index in [9.17, 15) is 19.5 Å². The van der Waals surface area contributed by atoms with E-state index in [0.717, 1.165) is 5.56 Å². The molecule has 3 atom stereocenters. The van der Waals surface area contributed by atoms with Gasteiger partial charge in [0.05, 0.1) is 12.6 Å². The van der Waals surface area contributed by atoms with E-state index in [4.69, 9.17) is 4.74 Å². The number of ether oxygens (including phenoxy) is 1. The summed E-state index contributed by atoms with van der Waals surface area (Å²) in [6, 6.07) is 1.54. The number of hydrogen-bond acceptors (Lipinski definition) is 6. The SMILES string of the molecule is CC(C)C(NC(=O)[C@H](C)N(C)C(=O)OC(C)(C)C)C(=O)N1c2ncccc2CC1CO. The second-order valence-electron chi connectivity index (χ2n) is 9.23. The second-order valence-corrected chi connectivity index (χ2v) is 9.23. The third kappa shape index (κ3) is 5.72. The Balaban J connectivity index is 2.18. The highest BCUT2D eigenvalue weighted by atomic mass is 16.6. The van der Waals surface area contributed by atoms with E-state index in [0.29, 0.717) is 12.2 Å². The van der Waals surface area contributed by atoms with Crippen molar-refractivity contribution in [3.8, 4) is 0 Å². The van der Waals surface area contributed by atoms with Crippen LogP contribution in [0.25, 0.3) is 0 Å². The number of nitrogens with one attached hydrogen (secondary N) is 1. The van der Waals surface area contributed by atoms with Crippen LogP contribution < -0.4 is 10.2 Å². The highest BCUT2D eigenvalue weighted by Crippen LogP contribution is 2.31. The minimum atomic E-state index is -0.846. The van der Waals surface area contributed by atoms with E-state index >= 15 is 0 Å². The van der Waals surface area contributed by atoms with E-state index < -0.39 is 35.7 Å². The number of nitrogens with zero attached hydrogens (tertiary/aromatic N) is 3. The minimum absolute atomic E-state index is 0.210. The van der Waals surface area contributed by atoms with Crippen LogP contribution in [0.2, 0.25) is 0 Å². The average Bonchev–Trinajstić information content (AvgIpc) is 3.07. The van der Waals surface area contributed by atoms with Crippen molar-refractivity contribution in [2.24, 2.45) is 5.92 Å². The monoisotopic (exact) mass is 434 g/mol. The van der Waals surface area contributed by atoms with Gasteiger partial charge in [0.1, 0.15) is 23.5 Å². The van der Waals surface area contributed by atoms with E-state index in [1.165, 1.54) is 16.8 Å². The number of pyridine rings is 1. The molecule has 0 aliphatic carbocycles. The Morgan fingerprint density at radius 1 is 1.32 bits per heavy atom. The highest BCUT2D eigenvalue weighted by Gasteiger charge is 2.40. The summed E-state index contributed by atoms with van der Waals surface area (Å²) in [4.78, 5) is 45.6. The molecule has 2 rings (SSSR count). The first-order valence-corrected chi connectivity index (χ1v) is 10.5. The molecule has 0 spiro atoms. The third-order valence-corrected chi connectivity index (χ3v) is 5.24. The Labute approximate surface area is 183 Å². The van der Waals surface area contributed by atoms with E-state index in [1.54, 1.807) is 40.0 Å². The standard InChI is InChI=1S/C22H34N4O5/c1-13(2)17(24-19(28)14(3)25(7)21(30)31-22(4,5)6)20(29)26-16(12-27)11-15-9-8-10-23-18(15)26/h8-10,13-14,16-17,27H,11-12H2,1-7H3,(H,24,28)/t14-,16?,17?/m0/s1. The van der Waals surface area contributed by atoms with Gasteiger partial charge < -0.3 is 15.2 Å². The van der Waals surface area contributed by atoms with Gasteiger partial charge in [-0.1, -0.05) is 19.9 Å². The topological polar surface area (TPSA) is 112 Å². The van der Waals surface area contributed by atoms with Gasteiger partial charge in [0.2, 0.25) is 5.91 Å². The maximum absolute atomic E-state index is 13.4. The van der Waals surface area contributed by atoms with Crippen molar-refractivity contribution in [1.29, 1.82) is 0 Å². The molecule has 9 nitrogen and oxygen atoms in total. The van der Waals surface area contributed by atoms with Gasteiger partial charge in [-0.2, -0.15) is 0 Å². The molecule has 1 aromatic heterocycles. The smallest absolute Gasteiger partial charge is 0.410 e. The molecule has 0 fully saturated rings. The molecule has 2 unspecified atom stereocenters. The fourth-order valence-corrected chi connectivity index (χ4v) is 3.36. The summed E-state index contributed by atoms with van der Waals surface area (Å²) in [5.74, 6) is -0.527. The van der Waals surface area contributed by atoms with Crippen LogP contribution in [0.15, 0.2) is 18.3 Å². The molecule has 0 saturated carbocycles. The maximum Gasteiger partial charge on any atom is 0.410 e. The van der Waals surface area contributed by atoms with Crippen LogP contribution in [-0.2, 0) is 20.7 Å². The van der Waals surface area contributed by atoms with Crippen molar-refractivity contribution < 1.29 is 24.2 Å². The van der Waals surface area contributed by atoms with Crippen LogP contribution >= 0.6 is 0 Å². The fourth-order valence-electron chi connectivity index (χ4n) is 3.36. The molecular weight excluding hydrogens is 400 g/mol. The molecule has 0 saturated heterocycles. The molecule has 2 N–H and O–H groups in total. The van der Waals surface area contributed by atoms with Crippen LogP contribution in [0.4, 0.5) is 10.6 Å². The van der Waals surface area contributed by atoms with Gasteiger partial charge in [-0.15, -0.1) is 0 Å². The van der Waals surface area contributed by atoms with Crippen molar-refractivity contribution in [2.45, 2.75) is 71.7 Å². The quantitative estimate of drug-likeness (QED) is 0.705. The fraction of sp³-hybridized carbons (Fsp3) is 0.636. The van der Waals surface area contributed by atoms with Crippen LogP contribution in [-0.4, -0.2) is 70.3 Å². The van der Waals surface area contributed by atoms with Gasteiger partial charge in [-0.05, 0) is 51.7 Å². The first-order chi connectivity index (χ1) is 14.4. The molecular formula is C22H34N4O5. The van der Waals surface area contributed by atoms with Crippen molar-refractivity contribution in [3.05, 3.63) is 23.9 Å². The molecule has 31 heavy (non-hydrogen) atoms. The van der Waals surface area contributed by atoms with Crippen LogP contribution in [0.3, 0.4) is 0 Å². The largest absolute Gasteiger partial charge is 0.444 e. The zero-order valence-corrected chi connectivity index (χ0v) is 19.4. The molecule has 1 aliphatic rings. The molecule has 0 radical (unpaired) electrons. The lowest BCUT2D eigenvalue weighted by Gasteiger charge is -2.32. The van der Waals surface area contributed by atoms with Crippen molar-refractivity contribution in [2.75, 3.05) is 18.6 Å². The summed E-state index contributed by atoms with van der Waals surface area (Å²) in [5, 5.41) is 12.6. The number of aromatic nitrogens is 1. The number of aliphatic hydroxyl groups excluding tert-OH is 1. The Kier molecular flexibility index (Phi) is 7.64. The highest BCUT2D eigenvalue weighted by molar-refractivity contribution is 6.01. The molecule has 0 bridgehead atoms. The van der Waals surface area contributed by atoms with Crippen molar-refractivity contribution in [1.82, 2.24) is 15.2 Å². The average molecular weight is 435 g/mol. The number of fused-ring (bicyclic) bond motifs is 1. The molecule has 3 amide bonds. The Hall–Kier alpha value is -2.68. The number of amides is 3. The van der Waals surface area contributed by atoms with Gasteiger partial charge in [0.15, 0.2) is 0 Å². The predicted molar refractivity (Wildman–Crippen MR) is 117 cm³/mol. The zero-order chi connectivity index (χ0) is 23.5. The Bertz CT molecular complexity index is 820. The van der Waals surface area contributed by atoms with Crippen LogP contribution in [0.5, 0.6) is 0 Å². The summed E-state index contributed by atoms with van der Waals surface area (Å²) >= 11 is 0.